The third-order valence-electron chi connectivity index (χ3n) is 4.62. The fourth-order valence-corrected chi connectivity index (χ4v) is 3.29. The Labute approximate surface area is 175 Å². The maximum Gasteiger partial charge on any atom is 0.232 e. The molecular formula is C24H23N5O. The molecule has 0 amide bonds. The van der Waals surface area contributed by atoms with E-state index in [2.05, 4.69) is 40.2 Å². The summed E-state index contributed by atoms with van der Waals surface area (Å²) in [5.41, 5.74) is 11.1. The molecule has 0 aliphatic carbocycles. The number of nitrogens with zero attached hydrogens (tertiary/aromatic N) is 4. The van der Waals surface area contributed by atoms with Crippen molar-refractivity contribution in [2.24, 2.45) is 0 Å². The Morgan fingerprint density at radius 3 is 2.80 bits per heavy atom. The molecule has 0 atom stereocenters. The highest BCUT2D eigenvalue weighted by Gasteiger charge is 2.16. The number of aryl methyl sites for hydroxylation is 1. The van der Waals surface area contributed by atoms with Crippen molar-refractivity contribution in [3.05, 3.63) is 90.0 Å². The van der Waals surface area contributed by atoms with Gasteiger partial charge in [0.05, 0.1) is 18.3 Å². The Bertz CT molecular complexity index is 1200. The van der Waals surface area contributed by atoms with Gasteiger partial charge in [0.15, 0.2) is 0 Å². The molecule has 2 aromatic heterocycles. The summed E-state index contributed by atoms with van der Waals surface area (Å²) in [6.45, 7) is 4.72. The van der Waals surface area contributed by atoms with Crippen molar-refractivity contribution in [3.8, 4) is 22.8 Å². The van der Waals surface area contributed by atoms with Crippen LogP contribution in [0.3, 0.4) is 0 Å². The molecule has 0 radical (unpaired) electrons. The maximum absolute atomic E-state index is 6.19. The van der Waals surface area contributed by atoms with Crippen LogP contribution >= 0.6 is 0 Å². The van der Waals surface area contributed by atoms with E-state index >= 15 is 0 Å². The molecule has 0 saturated carbocycles. The largest absolute Gasteiger partial charge is 0.438 e. The molecule has 4 rings (SSSR count). The van der Waals surface area contributed by atoms with Crippen molar-refractivity contribution in [2.45, 2.75) is 20.4 Å². The van der Waals surface area contributed by atoms with Gasteiger partial charge in [-0.25, -0.2) is 9.97 Å². The molecule has 2 N–H and O–H groups in total. The van der Waals surface area contributed by atoms with E-state index in [9.17, 15) is 0 Å². The zero-order valence-electron chi connectivity index (χ0n) is 17.0. The minimum Gasteiger partial charge on any atom is -0.438 e. The molecule has 0 aliphatic rings. The summed E-state index contributed by atoms with van der Waals surface area (Å²) in [4.78, 5) is 8.47. The molecule has 150 valence electrons. The summed E-state index contributed by atoms with van der Waals surface area (Å²) < 4.78 is 7.94. The predicted octanol–water partition coefficient (Wildman–Crippen LogP) is 5.10. The van der Waals surface area contributed by atoms with Crippen molar-refractivity contribution in [3.63, 3.8) is 0 Å². The molecule has 30 heavy (non-hydrogen) atoms. The summed E-state index contributed by atoms with van der Waals surface area (Å²) in [6, 6.07) is 16.1. The van der Waals surface area contributed by atoms with Crippen LogP contribution in [0.15, 0.2) is 73.3 Å². The molecule has 4 aromatic rings. The van der Waals surface area contributed by atoms with Crippen molar-refractivity contribution >= 4 is 11.9 Å². The van der Waals surface area contributed by atoms with Gasteiger partial charge in [-0.1, -0.05) is 54.1 Å². The molecule has 0 aliphatic heterocycles. The van der Waals surface area contributed by atoms with Gasteiger partial charge >= 0.3 is 0 Å². The van der Waals surface area contributed by atoms with E-state index in [1.54, 1.807) is 6.20 Å². The van der Waals surface area contributed by atoms with Crippen LogP contribution in [-0.4, -0.2) is 19.7 Å². The van der Waals surface area contributed by atoms with Gasteiger partial charge in [0.2, 0.25) is 5.88 Å². The lowest BCUT2D eigenvalue weighted by atomic mass is 10.1. The molecule has 0 spiro atoms. The lowest BCUT2D eigenvalue weighted by Crippen LogP contribution is -2.01. The van der Waals surface area contributed by atoms with E-state index in [0.29, 0.717) is 29.6 Å². The average molecular weight is 397 g/mol. The van der Waals surface area contributed by atoms with E-state index in [0.717, 1.165) is 11.1 Å². The molecule has 0 unspecified atom stereocenters. The summed E-state index contributed by atoms with van der Waals surface area (Å²) >= 11 is 0. The van der Waals surface area contributed by atoms with Crippen molar-refractivity contribution < 1.29 is 4.74 Å². The lowest BCUT2D eigenvalue weighted by molar-refractivity contribution is 0.464. The summed E-state index contributed by atoms with van der Waals surface area (Å²) in [5, 5.41) is 4.49. The van der Waals surface area contributed by atoms with Gasteiger partial charge in [-0.3, -0.25) is 4.68 Å². The third kappa shape index (κ3) is 4.38. The number of nitrogens with two attached hydrogens (primary N) is 1. The monoisotopic (exact) mass is 397 g/mol. The summed E-state index contributed by atoms with van der Waals surface area (Å²) in [6.07, 6.45) is 9.09. The number of aromatic nitrogens is 4. The number of hydrogen-bond donors (Lipinski definition) is 1. The molecule has 2 aromatic carbocycles. The predicted molar refractivity (Wildman–Crippen MR) is 119 cm³/mol. The molecule has 0 saturated heterocycles. The van der Waals surface area contributed by atoms with Crippen LogP contribution in [0.2, 0.25) is 0 Å². The van der Waals surface area contributed by atoms with Gasteiger partial charge in [-0.05, 0) is 37.1 Å². The van der Waals surface area contributed by atoms with E-state index in [4.69, 9.17) is 10.5 Å². The summed E-state index contributed by atoms with van der Waals surface area (Å²) in [5.74, 6) is 1.42. The Hall–Kier alpha value is -3.93. The fraction of sp³-hybridized carbons (Fsp3) is 0.125. The number of hydrogen-bond acceptors (Lipinski definition) is 5. The fourth-order valence-electron chi connectivity index (χ4n) is 3.29. The van der Waals surface area contributed by atoms with Gasteiger partial charge in [0.25, 0.3) is 0 Å². The average Bonchev–Trinajstić information content (AvgIpc) is 3.16. The third-order valence-corrected chi connectivity index (χ3v) is 4.62. The van der Waals surface area contributed by atoms with E-state index in [1.807, 2.05) is 60.3 Å². The SMILES string of the molecule is CC=Cc1cccc(Oc2ncnc(N)c2-c2cnn(Cc3cccc(C)c3)c2)c1. The van der Waals surface area contributed by atoms with E-state index < -0.39 is 0 Å². The molecule has 2 heterocycles. The highest BCUT2D eigenvalue weighted by molar-refractivity contribution is 5.77. The first-order chi connectivity index (χ1) is 14.6. The van der Waals surface area contributed by atoms with Gasteiger partial charge in [-0.15, -0.1) is 0 Å². The first-order valence-corrected chi connectivity index (χ1v) is 9.72. The zero-order valence-corrected chi connectivity index (χ0v) is 17.0. The Morgan fingerprint density at radius 2 is 1.97 bits per heavy atom. The molecule has 0 bridgehead atoms. The second kappa shape index (κ2) is 8.61. The van der Waals surface area contributed by atoms with Gasteiger partial charge in [0, 0.05) is 11.8 Å². The first-order valence-electron chi connectivity index (χ1n) is 9.72. The van der Waals surface area contributed by atoms with E-state index in [-0.39, 0.29) is 0 Å². The number of anilines is 1. The second-order valence-electron chi connectivity index (χ2n) is 7.03. The Balaban J connectivity index is 1.64. The van der Waals surface area contributed by atoms with Crippen LogP contribution in [-0.2, 0) is 6.54 Å². The highest BCUT2D eigenvalue weighted by Crippen LogP contribution is 2.35. The maximum atomic E-state index is 6.19. The van der Waals surface area contributed by atoms with Crippen LogP contribution in [0.4, 0.5) is 5.82 Å². The molecule has 6 nitrogen and oxygen atoms in total. The zero-order chi connectivity index (χ0) is 20.9. The highest BCUT2D eigenvalue weighted by atomic mass is 16.5. The van der Waals surface area contributed by atoms with Gasteiger partial charge in [-0.2, -0.15) is 5.10 Å². The van der Waals surface area contributed by atoms with Crippen LogP contribution in [0, 0.1) is 6.92 Å². The van der Waals surface area contributed by atoms with Crippen molar-refractivity contribution in [1.29, 1.82) is 0 Å². The minimum atomic E-state index is 0.347. The van der Waals surface area contributed by atoms with Gasteiger partial charge in [0.1, 0.15) is 17.9 Å². The van der Waals surface area contributed by atoms with Crippen molar-refractivity contribution in [2.75, 3.05) is 5.73 Å². The van der Waals surface area contributed by atoms with E-state index in [1.165, 1.54) is 17.5 Å². The van der Waals surface area contributed by atoms with Crippen LogP contribution in [0.25, 0.3) is 17.2 Å². The van der Waals surface area contributed by atoms with Crippen LogP contribution < -0.4 is 10.5 Å². The summed E-state index contributed by atoms with van der Waals surface area (Å²) in [7, 11) is 0. The quantitative estimate of drug-likeness (QED) is 0.489. The Kier molecular flexibility index (Phi) is 5.57. The number of ether oxygens (including phenoxy) is 1. The smallest absolute Gasteiger partial charge is 0.232 e. The first kappa shape index (κ1) is 19.4. The molecular weight excluding hydrogens is 374 g/mol. The number of allylic oxidation sites excluding steroid dienone is 1. The second-order valence-corrected chi connectivity index (χ2v) is 7.03. The van der Waals surface area contributed by atoms with Crippen LogP contribution in [0.5, 0.6) is 11.6 Å². The van der Waals surface area contributed by atoms with Gasteiger partial charge < -0.3 is 10.5 Å². The lowest BCUT2D eigenvalue weighted by Gasteiger charge is -2.10. The molecule has 6 heteroatoms. The molecule has 0 fully saturated rings. The number of benzene rings is 2. The Morgan fingerprint density at radius 1 is 1.10 bits per heavy atom. The normalized spacial score (nSPS) is 11.1. The topological polar surface area (TPSA) is 78.8 Å². The van der Waals surface area contributed by atoms with Crippen molar-refractivity contribution in [1.82, 2.24) is 19.7 Å². The standard InChI is InChI=1S/C24H23N5O/c1-3-6-18-8-5-10-21(12-18)30-24-22(23(25)26-16-27-24)20-13-28-29(15-20)14-19-9-4-7-17(2)11-19/h3-13,15-16H,14H2,1-2H3,(H2,25,26,27). The number of nitrogen functional groups attached to an aromatic ring is 1. The number of rotatable bonds is 6. The minimum absolute atomic E-state index is 0.347. The van der Waals surface area contributed by atoms with Crippen LogP contribution in [0.1, 0.15) is 23.6 Å².